The zero-order valence-electron chi connectivity index (χ0n) is 9.42. The molecule has 0 aliphatic carbocycles. The fourth-order valence-electron chi connectivity index (χ4n) is 1.48. The number of hydrogen-bond donors (Lipinski definition) is 2. The van der Waals surface area contributed by atoms with Gasteiger partial charge in [0, 0.05) is 25.4 Å². The van der Waals surface area contributed by atoms with E-state index in [1.54, 1.807) is 42.5 Å². The van der Waals surface area contributed by atoms with E-state index in [1.165, 1.54) is 0 Å². The van der Waals surface area contributed by atoms with Gasteiger partial charge in [-0.05, 0) is 12.1 Å². The Balaban J connectivity index is 2.09. The third kappa shape index (κ3) is 2.60. The highest BCUT2D eigenvalue weighted by molar-refractivity contribution is 5.92. The lowest BCUT2D eigenvalue weighted by atomic mass is 10.3. The molecule has 0 unspecified atom stereocenters. The minimum atomic E-state index is -0.168. The van der Waals surface area contributed by atoms with Crippen LogP contribution in [0.1, 0.15) is 16.1 Å². The second-order valence-corrected chi connectivity index (χ2v) is 3.72. The quantitative estimate of drug-likeness (QED) is 0.812. The number of carbonyl (C=O) groups excluding carboxylic acids is 1. The molecule has 0 fully saturated rings. The Morgan fingerprint density at radius 3 is 3.00 bits per heavy atom. The molecule has 2 heterocycles. The summed E-state index contributed by atoms with van der Waals surface area (Å²) in [5, 5.41) is 6.52. The predicted octanol–water partition coefficient (Wildman–Crippen LogP) is 0.659. The van der Waals surface area contributed by atoms with Crippen LogP contribution in [0.3, 0.4) is 0 Å². The number of nitrogens with one attached hydrogen (secondary N) is 1. The van der Waals surface area contributed by atoms with E-state index < -0.39 is 0 Å². The van der Waals surface area contributed by atoms with Gasteiger partial charge in [-0.3, -0.25) is 9.89 Å². The number of nitrogen functional groups attached to an aromatic ring is 1. The highest BCUT2D eigenvalue weighted by Crippen LogP contribution is 2.06. The van der Waals surface area contributed by atoms with Crippen molar-refractivity contribution in [3.05, 3.63) is 41.9 Å². The first-order chi connectivity index (χ1) is 8.16. The number of anilines is 1. The van der Waals surface area contributed by atoms with Gasteiger partial charge in [-0.25, -0.2) is 4.98 Å². The number of carbonyl (C=O) groups is 1. The van der Waals surface area contributed by atoms with Crippen LogP contribution in [0.5, 0.6) is 0 Å². The normalized spacial score (nSPS) is 10.2. The van der Waals surface area contributed by atoms with Crippen LogP contribution in [0, 0.1) is 0 Å². The number of pyridine rings is 1. The molecule has 17 heavy (non-hydrogen) atoms. The van der Waals surface area contributed by atoms with E-state index in [9.17, 15) is 4.79 Å². The zero-order valence-corrected chi connectivity index (χ0v) is 9.42. The Morgan fingerprint density at radius 2 is 2.35 bits per heavy atom. The molecule has 0 spiro atoms. The van der Waals surface area contributed by atoms with Crippen LogP contribution in [0.4, 0.5) is 5.82 Å². The molecule has 2 aromatic rings. The summed E-state index contributed by atoms with van der Waals surface area (Å²) >= 11 is 0. The Labute approximate surface area is 98.5 Å². The van der Waals surface area contributed by atoms with E-state index in [-0.39, 0.29) is 5.91 Å². The minimum Gasteiger partial charge on any atom is -0.384 e. The first-order valence-corrected chi connectivity index (χ1v) is 5.12. The fourth-order valence-corrected chi connectivity index (χ4v) is 1.48. The van der Waals surface area contributed by atoms with Gasteiger partial charge in [0.15, 0.2) is 0 Å². The van der Waals surface area contributed by atoms with Crippen LogP contribution < -0.4 is 5.73 Å². The van der Waals surface area contributed by atoms with Crippen LogP contribution in [0.2, 0.25) is 0 Å². The van der Waals surface area contributed by atoms with E-state index >= 15 is 0 Å². The highest BCUT2D eigenvalue weighted by Gasteiger charge is 2.13. The van der Waals surface area contributed by atoms with Crippen molar-refractivity contribution in [3.63, 3.8) is 0 Å². The average Bonchev–Trinajstić information content (AvgIpc) is 2.80. The molecule has 0 bridgehead atoms. The molecule has 0 atom stereocenters. The summed E-state index contributed by atoms with van der Waals surface area (Å²) in [5.41, 5.74) is 6.81. The summed E-state index contributed by atoms with van der Waals surface area (Å²) in [7, 11) is 1.71. The number of aromatic amines is 1. The maximum absolute atomic E-state index is 12.0. The molecule has 1 amide bonds. The van der Waals surface area contributed by atoms with Crippen LogP contribution in [-0.2, 0) is 6.54 Å². The van der Waals surface area contributed by atoms with Gasteiger partial charge in [0.1, 0.15) is 11.5 Å². The molecule has 0 radical (unpaired) electrons. The molecule has 0 aliphatic rings. The molecule has 2 aromatic heterocycles. The molecule has 0 aromatic carbocycles. The highest BCUT2D eigenvalue weighted by atomic mass is 16.2. The van der Waals surface area contributed by atoms with Crippen molar-refractivity contribution in [1.82, 2.24) is 20.1 Å². The van der Waals surface area contributed by atoms with Crippen molar-refractivity contribution >= 4 is 11.7 Å². The maximum Gasteiger partial charge on any atom is 0.272 e. The van der Waals surface area contributed by atoms with Crippen LogP contribution >= 0.6 is 0 Å². The topological polar surface area (TPSA) is 87.9 Å². The first-order valence-electron chi connectivity index (χ1n) is 5.12. The third-order valence-corrected chi connectivity index (χ3v) is 2.31. The van der Waals surface area contributed by atoms with E-state index in [0.717, 1.165) is 5.56 Å². The number of nitrogens with two attached hydrogens (primary N) is 1. The lowest BCUT2D eigenvalue weighted by Gasteiger charge is -2.15. The smallest absolute Gasteiger partial charge is 0.272 e. The van der Waals surface area contributed by atoms with E-state index in [2.05, 4.69) is 15.2 Å². The van der Waals surface area contributed by atoms with Crippen molar-refractivity contribution in [2.24, 2.45) is 0 Å². The summed E-state index contributed by atoms with van der Waals surface area (Å²) in [6, 6.07) is 5.00. The maximum atomic E-state index is 12.0. The number of hydrogen-bond acceptors (Lipinski definition) is 4. The fraction of sp³-hybridized carbons (Fsp3) is 0.182. The average molecular weight is 231 g/mol. The predicted molar refractivity (Wildman–Crippen MR) is 63.0 cm³/mol. The van der Waals surface area contributed by atoms with Gasteiger partial charge in [0.05, 0.1) is 6.20 Å². The molecular formula is C11H13N5O. The Bertz CT molecular complexity index is 508. The molecule has 6 heteroatoms. The second-order valence-electron chi connectivity index (χ2n) is 3.72. The zero-order chi connectivity index (χ0) is 12.3. The summed E-state index contributed by atoms with van der Waals surface area (Å²) in [4.78, 5) is 17.5. The molecule has 2 rings (SSSR count). The van der Waals surface area contributed by atoms with Crippen LogP contribution in [-0.4, -0.2) is 33.0 Å². The van der Waals surface area contributed by atoms with Crippen LogP contribution in [0.25, 0.3) is 0 Å². The van der Waals surface area contributed by atoms with Gasteiger partial charge in [-0.15, -0.1) is 0 Å². The molecule has 3 N–H and O–H groups in total. The number of rotatable bonds is 3. The molecule has 6 nitrogen and oxygen atoms in total. The SMILES string of the molecule is CN(Cc1cn[nH]c1)C(=O)c1cccc(N)n1. The molecule has 0 saturated heterocycles. The molecular weight excluding hydrogens is 218 g/mol. The van der Waals surface area contributed by atoms with Gasteiger partial charge < -0.3 is 10.6 Å². The van der Waals surface area contributed by atoms with Gasteiger partial charge in [-0.1, -0.05) is 6.07 Å². The van der Waals surface area contributed by atoms with E-state index in [1.807, 2.05) is 0 Å². The van der Waals surface area contributed by atoms with E-state index in [4.69, 9.17) is 5.73 Å². The lowest BCUT2D eigenvalue weighted by Crippen LogP contribution is -2.27. The molecule has 0 saturated carbocycles. The van der Waals surface area contributed by atoms with Crippen molar-refractivity contribution in [2.45, 2.75) is 6.54 Å². The van der Waals surface area contributed by atoms with Crippen molar-refractivity contribution in [3.8, 4) is 0 Å². The van der Waals surface area contributed by atoms with Crippen molar-refractivity contribution < 1.29 is 4.79 Å². The minimum absolute atomic E-state index is 0.168. The summed E-state index contributed by atoms with van der Waals surface area (Å²) in [6.45, 7) is 0.478. The van der Waals surface area contributed by atoms with Gasteiger partial charge in [0.25, 0.3) is 5.91 Å². The first kappa shape index (κ1) is 11.1. The van der Waals surface area contributed by atoms with Crippen molar-refractivity contribution in [2.75, 3.05) is 12.8 Å². The summed E-state index contributed by atoms with van der Waals surface area (Å²) < 4.78 is 0. The Morgan fingerprint density at radius 1 is 1.53 bits per heavy atom. The number of nitrogens with zero attached hydrogens (tertiary/aromatic N) is 3. The number of H-pyrrole nitrogens is 1. The monoisotopic (exact) mass is 231 g/mol. The summed E-state index contributed by atoms with van der Waals surface area (Å²) in [6.07, 6.45) is 3.42. The summed E-state index contributed by atoms with van der Waals surface area (Å²) in [5.74, 6) is 0.172. The van der Waals surface area contributed by atoms with Gasteiger partial charge in [-0.2, -0.15) is 5.10 Å². The number of amides is 1. The second kappa shape index (κ2) is 4.65. The largest absolute Gasteiger partial charge is 0.384 e. The Kier molecular flexibility index (Phi) is 3.04. The van der Waals surface area contributed by atoms with Gasteiger partial charge in [0.2, 0.25) is 0 Å². The van der Waals surface area contributed by atoms with E-state index in [0.29, 0.717) is 18.1 Å². The van der Waals surface area contributed by atoms with Crippen molar-refractivity contribution in [1.29, 1.82) is 0 Å². The third-order valence-electron chi connectivity index (χ3n) is 2.31. The standard InChI is InChI=1S/C11H13N5O/c1-16(7-8-5-13-14-6-8)11(17)9-3-2-4-10(12)15-9/h2-6H,7H2,1H3,(H2,12,15)(H,13,14). The Hall–Kier alpha value is -2.37. The molecule has 0 aliphatic heterocycles. The van der Waals surface area contributed by atoms with Crippen LogP contribution in [0.15, 0.2) is 30.6 Å². The number of aromatic nitrogens is 3. The van der Waals surface area contributed by atoms with Gasteiger partial charge >= 0.3 is 0 Å². The lowest BCUT2D eigenvalue weighted by molar-refractivity contribution is 0.0779. The molecule has 88 valence electrons.